The first-order valence-corrected chi connectivity index (χ1v) is 9.17. The fourth-order valence-electron chi connectivity index (χ4n) is 2.63. The molecule has 0 N–H and O–H groups in total. The predicted molar refractivity (Wildman–Crippen MR) is 85.7 cm³/mol. The Morgan fingerprint density at radius 1 is 1.27 bits per heavy atom. The summed E-state index contributed by atoms with van der Waals surface area (Å²) in [5.41, 5.74) is 0.837. The van der Waals surface area contributed by atoms with Crippen molar-refractivity contribution in [1.82, 2.24) is 4.31 Å². The van der Waals surface area contributed by atoms with Crippen LogP contribution in [0.4, 0.5) is 0 Å². The molecule has 1 saturated heterocycles. The third kappa shape index (κ3) is 3.80. The van der Waals surface area contributed by atoms with E-state index in [1.54, 1.807) is 18.2 Å². The van der Waals surface area contributed by atoms with Crippen LogP contribution in [0.1, 0.15) is 32.8 Å². The third-order valence-corrected chi connectivity index (χ3v) is 5.46. The largest absolute Gasteiger partial charge is 0.493 e. The van der Waals surface area contributed by atoms with Gasteiger partial charge in [0, 0.05) is 13.1 Å². The van der Waals surface area contributed by atoms with Crippen molar-refractivity contribution >= 4 is 10.0 Å². The summed E-state index contributed by atoms with van der Waals surface area (Å²) < 4.78 is 38.3. The van der Waals surface area contributed by atoms with Crippen LogP contribution in [0.5, 0.6) is 5.75 Å². The van der Waals surface area contributed by atoms with Crippen molar-refractivity contribution in [2.45, 2.75) is 51.2 Å². The van der Waals surface area contributed by atoms with E-state index in [2.05, 4.69) is 0 Å². The summed E-state index contributed by atoms with van der Waals surface area (Å²) in [5, 5.41) is 0. The highest BCUT2D eigenvalue weighted by Crippen LogP contribution is 2.26. The highest BCUT2D eigenvalue weighted by molar-refractivity contribution is 7.89. The van der Waals surface area contributed by atoms with Crippen molar-refractivity contribution in [2.75, 3.05) is 19.7 Å². The minimum Gasteiger partial charge on any atom is -0.493 e. The van der Waals surface area contributed by atoms with E-state index in [0.29, 0.717) is 24.6 Å². The van der Waals surface area contributed by atoms with E-state index in [9.17, 15) is 8.42 Å². The van der Waals surface area contributed by atoms with E-state index < -0.39 is 10.0 Å². The highest BCUT2D eigenvalue weighted by atomic mass is 32.2. The highest BCUT2D eigenvalue weighted by Gasteiger charge is 2.32. The lowest BCUT2D eigenvalue weighted by molar-refractivity contribution is -0.0440. The molecule has 0 spiro atoms. The van der Waals surface area contributed by atoms with Crippen molar-refractivity contribution in [1.29, 1.82) is 0 Å². The Bertz CT molecular complexity index is 605. The van der Waals surface area contributed by atoms with Crippen molar-refractivity contribution < 1.29 is 17.9 Å². The lowest BCUT2D eigenvalue weighted by atomic mass is 10.2. The second-order valence-electron chi connectivity index (χ2n) is 5.86. The standard InChI is InChI=1S/C16H25NO4S/c1-5-8-20-16-7-6-15(9-12(16)2)22(18,19)17-10-13(3)21-14(4)11-17/h6-7,9,13-14H,5,8,10-11H2,1-4H3/t13-,14-/m1/s1. The quantitative estimate of drug-likeness (QED) is 0.834. The second kappa shape index (κ2) is 6.98. The maximum atomic E-state index is 12.8. The van der Waals surface area contributed by atoms with E-state index in [-0.39, 0.29) is 12.2 Å². The molecular formula is C16H25NO4S. The molecule has 0 radical (unpaired) electrons. The number of hydrogen-bond acceptors (Lipinski definition) is 4. The Morgan fingerprint density at radius 3 is 2.45 bits per heavy atom. The summed E-state index contributed by atoms with van der Waals surface area (Å²) >= 11 is 0. The molecule has 0 aliphatic carbocycles. The van der Waals surface area contributed by atoms with Crippen LogP contribution in [0.2, 0.25) is 0 Å². The van der Waals surface area contributed by atoms with E-state index in [0.717, 1.165) is 17.7 Å². The van der Waals surface area contributed by atoms with Crippen molar-refractivity contribution in [2.24, 2.45) is 0 Å². The summed E-state index contributed by atoms with van der Waals surface area (Å²) in [4.78, 5) is 0.315. The molecule has 1 aliphatic heterocycles. The molecule has 124 valence electrons. The molecule has 5 nitrogen and oxygen atoms in total. The van der Waals surface area contributed by atoms with Crippen LogP contribution < -0.4 is 4.74 Å². The zero-order valence-corrected chi connectivity index (χ0v) is 14.5. The number of rotatable bonds is 5. The number of ether oxygens (including phenoxy) is 2. The Morgan fingerprint density at radius 2 is 1.91 bits per heavy atom. The zero-order chi connectivity index (χ0) is 16.3. The fourth-order valence-corrected chi connectivity index (χ4v) is 4.31. The molecule has 1 aromatic rings. The van der Waals surface area contributed by atoms with Gasteiger partial charge in [0.1, 0.15) is 5.75 Å². The summed E-state index contributed by atoms with van der Waals surface area (Å²) in [6.07, 6.45) is 0.738. The second-order valence-corrected chi connectivity index (χ2v) is 7.79. The molecule has 0 aromatic heterocycles. The minimum absolute atomic E-state index is 0.0909. The average molecular weight is 327 g/mol. The zero-order valence-electron chi connectivity index (χ0n) is 13.7. The van der Waals surface area contributed by atoms with Gasteiger partial charge in [0.2, 0.25) is 10.0 Å². The molecule has 0 unspecified atom stereocenters. The molecular weight excluding hydrogens is 302 g/mol. The average Bonchev–Trinajstić information content (AvgIpc) is 2.45. The minimum atomic E-state index is -3.49. The summed E-state index contributed by atoms with van der Waals surface area (Å²) in [6, 6.07) is 5.05. The molecule has 1 aliphatic rings. The Hall–Kier alpha value is -1.11. The van der Waals surface area contributed by atoms with Gasteiger partial charge in [0.25, 0.3) is 0 Å². The van der Waals surface area contributed by atoms with E-state index in [1.165, 1.54) is 4.31 Å². The first-order chi connectivity index (χ1) is 10.3. The normalized spacial score (nSPS) is 23.5. The van der Waals surface area contributed by atoms with Gasteiger partial charge in [-0.1, -0.05) is 6.92 Å². The Kier molecular flexibility index (Phi) is 5.47. The van der Waals surface area contributed by atoms with Crippen molar-refractivity contribution in [3.8, 4) is 5.75 Å². The van der Waals surface area contributed by atoms with Crippen LogP contribution in [0, 0.1) is 6.92 Å². The molecule has 6 heteroatoms. The molecule has 22 heavy (non-hydrogen) atoms. The predicted octanol–water partition coefficient (Wildman–Crippen LogP) is 2.58. The van der Waals surface area contributed by atoms with Crippen LogP contribution in [-0.4, -0.2) is 44.6 Å². The smallest absolute Gasteiger partial charge is 0.243 e. The van der Waals surface area contributed by atoms with E-state index >= 15 is 0 Å². The van der Waals surface area contributed by atoms with Gasteiger partial charge in [0.15, 0.2) is 0 Å². The molecule has 1 heterocycles. The van der Waals surface area contributed by atoms with Crippen LogP contribution in [-0.2, 0) is 14.8 Å². The monoisotopic (exact) mass is 327 g/mol. The summed E-state index contributed by atoms with van der Waals surface area (Å²) in [7, 11) is -3.49. The van der Waals surface area contributed by atoms with Crippen molar-refractivity contribution in [3.63, 3.8) is 0 Å². The maximum Gasteiger partial charge on any atom is 0.243 e. The fraction of sp³-hybridized carbons (Fsp3) is 0.625. The Balaban J connectivity index is 2.24. The van der Waals surface area contributed by atoms with E-state index in [4.69, 9.17) is 9.47 Å². The number of aryl methyl sites for hydroxylation is 1. The summed E-state index contributed by atoms with van der Waals surface area (Å²) in [5.74, 6) is 0.740. The van der Waals surface area contributed by atoms with Gasteiger partial charge >= 0.3 is 0 Å². The van der Waals surface area contributed by atoms with Gasteiger partial charge in [-0.25, -0.2) is 8.42 Å². The maximum absolute atomic E-state index is 12.8. The van der Waals surface area contributed by atoms with Crippen LogP contribution in [0.15, 0.2) is 23.1 Å². The molecule has 0 saturated carbocycles. The topological polar surface area (TPSA) is 55.8 Å². The van der Waals surface area contributed by atoms with Gasteiger partial charge in [-0.2, -0.15) is 4.31 Å². The molecule has 0 bridgehead atoms. The lowest BCUT2D eigenvalue weighted by Gasteiger charge is -2.34. The number of morpholine rings is 1. The SMILES string of the molecule is CCCOc1ccc(S(=O)(=O)N2C[C@@H](C)O[C@H](C)C2)cc1C. The third-order valence-electron chi connectivity index (χ3n) is 3.63. The van der Waals surface area contributed by atoms with Gasteiger partial charge < -0.3 is 9.47 Å². The van der Waals surface area contributed by atoms with Gasteiger partial charge in [-0.15, -0.1) is 0 Å². The molecule has 2 atom stereocenters. The number of sulfonamides is 1. The number of nitrogens with zero attached hydrogens (tertiary/aromatic N) is 1. The lowest BCUT2D eigenvalue weighted by Crippen LogP contribution is -2.48. The van der Waals surface area contributed by atoms with Gasteiger partial charge in [-0.05, 0) is 51.0 Å². The first-order valence-electron chi connectivity index (χ1n) is 7.73. The van der Waals surface area contributed by atoms with Gasteiger partial charge in [-0.3, -0.25) is 0 Å². The number of benzene rings is 1. The van der Waals surface area contributed by atoms with Crippen LogP contribution >= 0.6 is 0 Å². The molecule has 2 rings (SSSR count). The molecule has 0 amide bonds. The van der Waals surface area contributed by atoms with Crippen LogP contribution in [0.25, 0.3) is 0 Å². The Labute approximate surface area is 133 Å². The van der Waals surface area contributed by atoms with Crippen molar-refractivity contribution in [3.05, 3.63) is 23.8 Å². The number of hydrogen-bond donors (Lipinski definition) is 0. The van der Waals surface area contributed by atoms with E-state index in [1.807, 2.05) is 27.7 Å². The van der Waals surface area contributed by atoms with Gasteiger partial charge in [0.05, 0.1) is 23.7 Å². The molecule has 1 fully saturated rings. The van der Waals surface area contributed by atoms with Crippen LogP contribution in [0.3, 0.4) is 0 Å². The molecule has 1 aromatic carbocycles. The first kappa shape index (κ1) is 17.2. The summed E-state index contributed by atoms with van der Waals surface area (Å²) in [6.45, 7) is 9.10.